The fourth-order valence-electron chi connectivity index (χ4n) is 4.11. The van der Waals surface area contributed by atoms with Gasteiger partial charge in [-0.1, -0.05) is 37.3 Å². The zero-order valence-electron chi connectivity index (χ0n) is 23.3. The normalized spacial score (nSPS) is 14.1. The number of barbiturate groups is 1. The Morgan fingerprint density at radius 1 is 0.951 bits per heavy atom. The van der Waals surface area contributed by atoms with Crippen LogP contribution in [0.5, 0.6) is 17.2 Å². The molecule has 10 nitrogen and oxygen atoms in total. The minimum absolute atomic E-state index is 0.194. The van der Waals surface area contributed by atoms with Gasteiger partial charge < -0.3 is 19.5 Å². The third kappa shape index (κ3) is 6.73. The van der Waals surface area contributed by atoms with Crippen molar-refractivity contribution in [2.45, 2.75) is 27.2 Å². The monoisotopic (exact) mass is 557 g/mol. The number of rotatable bonds is 10. The highest BCUT2D eigenvalue weighted by Crippen LogP contribution is 2.34. The molecule has 1 aliphatic rings. The van der Waals surface area contributed by atoms with E-state index in [1.54, 1.807) is 30.3 Å². The van der Waals surface area contributed by atoms with Gasteiger partial charge in [0.05, 0.1) is 19.4 Å². The molecule has 1 heterocycles. The molecule has 0 aromatic heterocycles. The summed E-state index contributed by atoms with van der Waals surface area (Å²) >= 11 is 0. The topological polar surface area (TPSA) is 123 Å². The van der Waals surface area contributed by atoms with Crippen LogP contribution in [0.1, 0.15) is 30.0 Å². The van der Waals surface area contributed by atoms with Crippen LogP contribution in [0.3, 0.4) is 0 Å². The van der Waals surface area contributed by atoms with Gasteiger partial charge in [-0.2, -0.15) is 0 Å². The molecule has 41 heavy (non-hydrogen) atoms. The van der Waals surface area contributed by atoms with Crippen LogP contribution in [-0.2, 0) is 14.4 Å². The first-order valence-corrected chi connectivity index (χ1v) is 13.0. The van der Waals surface area contributed by atoms with Gasteiger partial charge in [-0.05, 0) is 61.7 Å². The van der Waals surface area contributed by atoms with Crippen molar-refractivity contribution in [3.8, 4) is 17.2 Å². The molecule has 0 atom stereocenters. The number of amides is 5. The van der Waals surface area contributed by atoms with E-state index >= 15 is 0 Å². The van der Waals surface area contributed by atoms with Crippen LogP contribution in [-0.4, -0.2) is 44.1 Å². The van der Waals surface area contributed by atoms with Gasteiger partial charge in [0.1, 0.15) is 11.3 Å². The van der Waals surface area contributed by atoms with Gasteiger partial charge in [0.2, 0.25) is 0 Å². The minimum Gasteiger partial charge on any atom is -0.493 e. The number of para-hydroxylation sites is 1. The summed E-state index contributed by atoms with van der Waals surface area (Å²) in [4.78, 5) is 52.3. The fraction of sp³-hybridized carbons (Fsp3) is 0.226. The van der Waals surface area contributed by atoms with E-state index in [2.05, 4.69) is 10.6 Å². The summed E-state index contributed by atoms with van der Waals surface area (Å²) in [5, 5.41) is 5.03. The summed E-state index contributed by atoms with van der Waals surface area (Å²) in [5.41, 5.74) is 2.89. The van der Waals surface area contributed by atoms with E-state index in [4.69, 9.17) is 14.2 Å². The average Bonchev–Trinajstić information content (AvgIpc) is 2.95. The Morgan fingerprint density at radius 2 is 1.73 bits per heavy atom. The molecule has 4 rings (SSSR count). The third-order valence-corrected chi connectivity index (χ3v) is 6.21. The zero-order valence-corrected chi connectivity index (χ0v) is 23.3. The van der Waals surface area contributed by atoms with Crippen LogP contribution < -0.4 is 29.7 Å². The van der Waals surface area contributed by atoms with Crippen LogP contribution in [0.25, 0.3) is 6.08 Å². The van der Waals surface area contributed by atoms with Crippen molar-refractivity contribution in [3.63, 3.8) is 0 Å². The number of imide groups is 2. The lowest BCUT2D eigenvalue weighted by molar-refractivity contribution is -0.122. The zero-order chi connectivity index (χ0) is 29.5. The average molecular weight is 558 g/mol. The molecule has 10 heteroatoms. The van der Waals surface area contributed by atoms with Crippen molar-refractivity contribution in [1.82, 2.24) is 5.32 Å². The number of ether oxygens (including phenoxy) is 3. The molecule has 1 fully saturated rings. The minimum atomic E-state index is -0.894. The Morgan fingerprint density at radius 3 is 2.49 bits per heavy atom. The number of carbonyl (C=O) groups is 4. The van der Waals surface area contributed by atoms with Crippen molar-refractivity contribution >= 4 is 41.2 Å². The first-order chi connectivity index (χ1) is 19.7. The number of anilines is 2. The highest BCUT2D eigenvalue weighted by molar-refractivity contribution is 6.39. The summed E-state index contributed by atoms with van der Waals surface area (Å²) in [7, 11) is 1.45. The molecule has 0 radical (unpaired) electrons. The number of methoxy groups -OCH3 is 1. The van der Waals surface area contributed by atoms with Gasteiger partial charge in [-0.3, -0.25) is 19.7 Å². The standard InChI is InChI=1S/C31H31N3O7/c1-5-14-40-26-13-12-22(17-27(26)39-4)34-30(37)23(29(36)33-31(34)38)16-21-8-6-7-9-25(21)41-18-28(35)32-24-15-19(2)10-11-20(24)3/h6-13,15-17H,5,14,18H2,1-4H3,(H,32,35)(H,33,36,38)/b23-16-. The number of aryl methyl sites for hydroxylation is 2. The second-order valence-electron chi connectivity index (χ2n) is 9.33. The quantitative estimate of drug-likeness (QED) is 0.272. The lowest BCUT2D eigenvalue weighted by Crippen LogP contribution is -2.54. The maximum absolute atomic E-state index is 13.4. The van der Waals surface area contributed by atoms with Crippen LogP contribution >= 0.6 is 0 Å². The first kappa shape index (κ1) is 28.9. The second-order valence-corrected chi connectivity index (χ2v) is 9.33. The molecular formula is C31H31N3O7. The first-order valence-electron chi connectivity index (χ1n) is 13.0. The summed E-state index contributed by atoms with van der Waals surface area (Å²) in [6, 6.07) is 16.1. The SMILES string of the molecule is CCCOc1ccc(N2C(=O)NC(=O)/C(=C/c3ccccc3OCC(=O)Nc3cc(C)ccc3C)C2=O)cc1OC. The summed E-state index contributed by atoms with van der Waals surface area (Å²) in [6.45, 7) is 5.95. The van der Waals surface area contributed by atoms with Gasteiger partial charge in [0.25, 0.3) is 17.7 Å². The van der Waals surface area contributed by atoms with Gasteiger partial charge >= 0.3 is 6.03 Å². The molecule has 0 bridgehead atoms. The van der Waals surface area contributed by atoms with Gasteiger partial charge in [0.15, 0.2) is 18.1 Å². The van der Waals surface area contributed by atoms with Crippen LogP contribution in [0, 0.1) is 13.8 Å². The number of hydrogen-bond donors (Lipinski definition) is 2. The highest BCUT2D eigenvalue weighted by Gasteiger charge is 2.37. The largest absolute Gasteiger partial charge is 0.493 e. The van der Waals surface area contributed by atoms with Crippen LogP contribution in [0.4, 0.5) is 16.2 Å². The highest BCUT2D eigenvalue weighted by atomic mass is 16.5. The maximum atomic E-state index is 13.4. The molecule has 0 aliphatic carbocycles. The number of urea groups is 1. The Labute approximate surface area is 237 Å². The summed E-state index contributed by atoms with van der Waals surface area (Å²) < 4.78 is 16.8. The molecule has 3 aromatic carbocycles. The smallest absolute Gasteiger partial charge is 0.335 e. The van der Waals surface area contributed by atoms with Crippen molar-refractivity contribution < 1.29 is 33.4 Å². The predicted molar refractivity (Wildman–Crippen MR) is 154 cm³/mol. The second kappa shape index (κ2) is 12.8. The number of nitrogens with zero attached hydrogens (tertiary/aromatic N) is 1. The van der Waals surface area contributed by atoms with E-state index in [1.807, 2.05) is 39.0 Å². The van der Waals surface area contributed by atoms with E-state index in [0.29, 0.717) is 29.4 Å². The Bertz CT molecular complexity index is 1530. The lowest BCUT2D eigenvalue weighted by Gasteiger charge is -2.27. The molecule has 1 saturated heterocycles. The number of benzene rings is 3. The molecule has 212 valence electrons. The van der Waals surface area contributed by atoms with Crippen molar-refractivity contribution in [2.24, 2.45) is 0 Å². The fourth-order valence-corrected chi connectivity index (χ4v) is 4.11. The molecule has 0 unspecified atom stereocenters. The number of carbonyl (C=O) groups excluding carboxylic acids is 4. The Kier molecular flexibility index (Phi) is 9.03. The molecule has 2 N–H and O–H groups in total. The van der Waals surface area contributed by atoms with E-state index in [-0.39, 0.29) is 29.5 Å². The maximum Gasteiger partial charge on any atom is 0.335 e. The van der Waals surface area contributed by atoms with Crippen molar-refractivity contribution in [2.75, 3.05) is 30.5 Å². The number of hydrogen-bond acceptors (Lipinski definition) is 7. The van der Waals surface area contributed by atoms with Crippen molar-refractivity contribution in [3.05, 3.63) is 82.9 Å². The van der Waals surface area contributed by atoms with E-state index in [1.165, 1.54) is 25.3 Å². The number of nitrogens with one attached hydrogen (secondary N) is 2. The molecule has 0 saturated carbocycles. The van der Waals surface area contributed by atoms with Gasteiger partial charge in [-0.25, -0.2) is 9.69 Å². The third-order valence-electron chi connectivity index (χ3n) is 6.21. The van der Waals surface area contributed by atoms with E-state index in [0.717, 1.165) is 22.4 Å². The van der Waals surface area contributed by atoms with Crippen LogP contribution in [0.15, 0.2) is 66.2 Å². The lowest BCUT2D eigenvalue weighted by atomic mass is 10.1. The molecular weight excluding hydrogens is 526 g/mol. The summed E-state index contributed by atoms with van der Waals surface area (Å²) in [5.74, 6) is -0.984. The van der Waals surface area contributed by atoms with Crippen LogP contribution in [0.2, 0.25) is 0 Å². The van der Waals surface area contributed by atoms with Gasteiger partial charge in [-0.15, -0.1) is 0 Å². The van der Waals surface area contributed by atoms with E-state index < -0.39 is 17.8 Å². The molecule has 3 aromatic rings. The van der Waals surface area contributed by atoms with Crippen molar-refractivity contribution in [1.29, 1.82) is 0 Å². The van der Waals surface area contributed by atoms with E-state index in [9.17, 15) is 19.2 Å². The molecule has 0 spiro atoms. The molecule has 5 amide bonds. The Balaban J connectivity index is 1.56. The molecule has 1 aliphatic heterocycles. The Hall–Kier alpha value is -5.12. The predicted octanol–water partition coefficient (Wildman–Crippen LogP) is 4.78. The van der Waals surface area contributed by atoms with Gasteiger partial charge in [0, 0.05) is 17.3 Å². The summed E-state index contributed by atoms with van der Waals surface area (Å²) in [6.07, 6.45) is 2.11.